The van der Waals surface area contributed by atoms with Crippen LogP contribution in [0.2, 0.25) is 0 Å². The summed E-state index contributed by atoms with van der Waals surface area (Å²) in [6.07, 6.45) is 2.74. The fourth-order valence-corrected chi connectivity index (χ4v) is 2.52. The quantitative estimate of drug-likeness (QED) is 0.832. The highest BCUT2D eigenvalue weighted by Gasteiger charge is 2.16. The minimum atomic E-state index is -0.279. The van der Waals surface area contributed by atoms with Crippen molar-refractivity contribution in [2.45, 2.75) is 38.8 Å². The molecule has 0 spiro atoms. The van der Waals surface area contributed by atoms with Gasteiger partial charge in [-0.2, -0.15) is 0 Å². The van der Waals surface area contributed by atoms with Crippen molar-refractivity contribution in [3.05, 3.63) is 29.6 Å². The molecule has 0 saturated carbocycles. The number of hydrogen-bond donors (Lipinski definition) is 1. The molecule has 1 unspecified atom stereocenters. The molecule has 2 heterocycles. The van der Waals surface area contributed by atoms with Crippen molar-refractivity contribution in [2.24, 2.45) is 0 Å². The first-order valence-corrected chi connectivity index (χ1v) is 5.90. The Kier molecular flexibility index (Phi) is 2.21. The summed E-state index contributed by atoms with van der Waals surface area (Å²) < 4.78 is 2.31. The fraction of sp³-hybridized carbons (Fsp3) is 0.462. The number of fused-ring (bicyclic) bond motifs is 3. The van der Waals surface area contributed by atoms with Crippen molar-refractivity contribution in [1.82, 2.24) is 9.55 Å². The lowest BCUT2D eigenvalue weighted by atomic mass is 10.1. The first-order valence-electron chi connectivity index (χ1n) is 5.90. The number of aliphatic hydroxyl groups is 1. The molecule has 1 aromatic heterocycles. The molecular weight excluding hydrogens is 200 g/mol. The lowest BCUT2D eigenvalue weighted by molar-refractivity contribution is 0.195. The average Bonchev–Trinajstić information content (AvgIpc) is 2.77. The summed E-state index contributed by atoms with van der Waals surface area (Å²) in [5.74, 6) is 1.21. The Labute approximate surface area is 94.7 Å². The number of aromatic nitrogens is 2. The van der Waals surface area contributed by atoms with Crippen molar-refractivity contribution in [3.8, 4) is 0 Å². The van der Waals surface area contributed by atoms with Crippen LogP contribution >= 0.6 is 0 Å². The van der Waals surface area contributed by atoms with Crippen LogP contribution < -0.4 is 0 Å². The standard InChI is InChI=1S/C13H16N2O/c1-9(16)7-10-4-5-11-12(8-10)15-6-2-3-13(15)14-11/h4-5,8-9,16H,2-3,6-7H2,1H3. The zero-order chi connectivity index (χ0) is 11.1. The molecule has 16 heavy (non-hydrogen) atoms. The Balaban J connectivity index is 2.09. The summed E-state index contributed by atoms with van der Waals surface area (Å²) in [6.45, 7) is 2.91. The van der Waals surface area contributed by atoms with Gasteiger partial charge < -0.3 is 9.67 Å². The number of aliphatic hydroxyl groups excluding tert-OH is 1. The van der Waals surface area contributed by atoms with E-state index in [1.807, 2.05) is 6.92 Å². The number of hydrogen-bond acceptors (Lipinski definition) is 2. The molecular formula is C13H16N2O. The van der Waals surface area contributed by atoms with Crippen molar-refractivity contribution in [1.29, 1.82) is 0 Å². The molecule has 0 amide bonds. The van der Waals surface area contributed by atoms with Gasteiger partial charge in [0, 0.05) is 13.0 Å². The molecule has 3 heteroatoms. The number of imidazole rings is 1. The van der Waals surface area contributed by atoms with E-state index in [0.717, 1.165) is 24.9 Å². The first-order chi connectivity index (χ1) is 7.74. The zero-order valence-electron chi connectivity index (χ0n) is 9.48. The molecule has 1 aliphatic rings. The maximum Gasteiger partial charge on any atom is 0.109 e. The molecule has 0 fully saturated rings. The highest BCUT2D eigenvalue weighted by Crippen LogP contribution is 2.23. The van der Waals surface area contributed by atoms with Gasteiger partial charge >= 0.3 is 0 Å². The topological polar surface area (TPSA) is 38.1 Å². The van der Waals surface area contributed by atoms with Gasteiger partial charge in [-0.3, -0.25) is 0 Å². The molecule has 84 valence electrons. The van der Waals surface area contributed by atoms with Crippen LogP contribution in [-0.2, 0) is 19.4 Å². The zero-order valence-corrected chi connectivity index (χ0v) is 9.48. The van der Waals surface area contributed by atoms with E-state index in [4.69, 9.17) is 0 Å². The Hall–Kier alpha value is -1.35. The van der Waals surface area contributed by atoms with Gasteiger partial charge in [0.05, 0.1) is 17.1 Å². The fourth-order valence-electron chi connectivity index (χ4n) is 2.52. The molecule has 3 rings (SSSR count). The van der Waals surface area contributed by atoms with Crippen LogP contribution in [0, 0.1) is 0 Å². The second-order valence-corrected chi connectivity index (χ2v) is 4.66. The van der Waals surface area contributed by atoms with Gasteiger partial charge in [0.25, 0.3) is 0 Å². The number of nitrogens with zero attached hydrogens (tertiary/aromatic N) is 2. The Morgan fingerprint density at radius 1 is 1.50 bits per heavy atom. The second-order valence-electron chi connectivity index (χ2n) is 4.66. The van der Waals surface area contributed by atoms with E-state index in [-0.39, 0.29) is 6.10 Å². The summed E-state index contributed by atoms with van der Waals surface area (Å²) in [4.78, 5) is 4.61. The van der Waals surface area contributed by atoms with E-state index in [9.17, 15) is 5.11 Å². The molecule has 1 N–H and O–H groups in total. The third kappa shape index (κ3) is 1.52. The minimum absolute atomic E-state index is 0.279. The highest BCUT2D eigenvalue weighted by atomic mass is 16.3. The lowest BCUT2D eigenvalue weighted by Crippen LogP contribution is -2.04. The van der Waals surface area contributed by atoms with E-state index in [1.54, 1.807) is 0 Å². The van der Waals surface area contributed by atoms with Crippen LogP contribution in [0.3, 0.4) is 0 Å². The van der Waals surface area contributed by atoms with Gasteiger partial charge in [0.15, 0.2) is 0 Å². The van der Waals surface area contributed by atoms with Gasteiger partial charge in [-0.05, 0) is 37.5 Å². The van der Waals surface area contributed by atoms with Gasteiger partial charge in [-0.1, -0.05) is 6.07 Å². The Bertz CT molecular complexity index is 528. The van der Waals surface area contributed by atoms with Crippen LogP contribution in [-0.4, -0.2) is 20.8 Å². The van der Waals surface area contributed by atoms with E-state index in [1.165, 1.54) is 23.3 Å². The van der Waals surface area contributed by atoms with Crippen LogP contribution in [0.1, 0.15) is 24.7 Å². The maximum absolute atomic E-state index is 9.40. The van der Waals surface area contributed by atoms with Crippen molar-refractivity contribution >= 4 is 11.0 Å². The molecule has 1 aliphatic heterocycles. The van der Waals surface area contributed by atoms with Gasteiger partial charge in [-0.15, -0.1) is 0 Å². The van der Waals surface area contributed by atoms with Gasteiger partial charge in [-0.25, -0.2) is 4.98 Å². The maximum atomic E-state index is 9.40. The molecule has 0 saturated heterocycles. The van der Waals surface area contributed by atoms with Crippen LogP contribution in [0.15, 0.2) is 18.2 Å². The Morgan fingerprint density at radius 3 is 3.19 bits per heavy atom. The molecule has 1 atom stereocenters. The summed E-state index contributed by atoms with van der Waals surface area (Å²) in [7, 11) is 0. The SMILES string of the molecule is CC(O)Cc1ccc2nc3n(c2c1)CCC3. The predicted octanol–water partition coefficient (Wildman–Crippen LogP) is 1.91. The van der Waals surface area contributed by atoms with E-state index < -0.39 is 0 Å². The molecule has 1 aromatic carbocycles. The lowest BCUT2D eigenvalue weighted by Gasteiger charge is -2.05. The largest absolute Gasteiger partial charge is 0.393 e. The van der Waals surface area contributed by atoms with Crippen molar-refractivity contribution in [2.75, 3.05) is 0 Å². The molecule has 2 aromatic rings. The third-order valence-corrected chi connectivity index (χ3v) is 3.20. The van der Waals surface area contributed by atoms with Crippen molar-refractivity contribution in [3.63, 3.8) is 0 Å². The first kappa shape index (κ1) is 9.85. The van der Waals surface area contributed by atoms with Gasteiger partial charge in [0.2, 0.25) is 0 Å². The van der Waals surface area contributed by atoms with E-state index >= 15 is 0 Å². The Morgan fingerprint density at radius 2 is 2.38 bits per heavy atom. The third-order valence-electron chi connectivity index (χ3n) is 3.20. The number of aryl methyl sites for hydroxylation is 2. The summed E-state index contributed by atoms with van der Waals surface area (Å²) in [6, 6.07) is 6.31. The molecule has 0 radical (unpaired) electrons. The molecule has 0 aliphatic carbocycles. The van der Waals surface area contributed by atoms with Crippen molar-refractivity contribution < 1.29 is 5.11 Å². The molecule has 0 bridgehead atoms. The summed E-state index contributed by atoms with van der Waals surface area (Å²) >= 11 is 0. The normalized spacial score (nSPS) is 16.6. The summed E-state index contributed by atoms with van der Waals surface area (Å²) in [5, 5.41) is 9.40. The smallest absolute Gasteiger partial charge is 0.109 e. The van der Waals surface area contributed by atoms with E-state index in [0.29, 0.717) is 0 Å². The highest BCUT2D eigenvalue weighted by molar-refractivity contribution is 5.77. The number of benzene rings is 1. The number of rotatable bonds is 2. The predicted molar refractivity (Wildman–Crippen MR) is 63.4 cm³/mol. The van der Waals surface area contributed by atoms with Crippen LogP contribution in [0.4, 0.5) is 0 Å². The van der Waals surface area contributed by atoms with E-state index in [2.05, 4.69) is 27.8 Å². The minimum Gasteiger partial charge on any atom is -0.393 e. The van der Waals surface area contributed by atoms with Crippen LogP contribution in [0.25, 0.3) is 11.0 Å². The molecule has 3 nitrogen and oxygen atoms in total. The monoisotopic (exact) mass is 216 g/mol. The van der Waals surface area contributed by atoms with Gasteiger partial charge in [0.1, 0.15) is 5.82 Å². The second kappa shape index (κ2) is 3.59. The average molecular weight is 216 g/mol. The summed E-state index contributed by atoms with van der Waals surface area (Å²) in [5.41, 5.74) is 3.51. The van der Waals surface area contributed by atoms with Crippen LogP contribution in [0.5, 0.6) is 0 Å².